The van der Waals surface area contributed by atoms with E-state index in [1.54, 1.807) is 31.1 Å². The second-order valence-electron chi connectivity index (χ2n) is 8.41. The first-order valence-corrected chi connectivity index (χ1v) is 11.4. The smallest absolute Gasteiger partial charge is 0.261 e. The first-order valence-electron chi connectivity index (χ1n) is 11.4. The van der Waals surface area contributed by atoms with E-state index in [-0.39, 0.29) is 24.5 Å². The molecule has 0 radical (unpaired) electrons. The number of carbonyl (C=O) groups excluding carboxylic acids is 2. The number of hydrogen-bond acceptors (Lipinski definition) is 4. The summed E-state index contributed by atoms with van der Waals surface area (Å²) < 4.78 is 11.1. The van der Waals surface area contributed by atoms with Gasteiger partial charge in [-0.3, -0.25) is 9.59 Å². The van der Waals surface area contributed by atoms with Gasteiger partial charge in [-0.25, -0.2) is 0 Å². The Bertz CT molecular complexity index is 908. The third-order valence-corrected chi connectivity index (χ3v) is 6.14. The molecule has 1 aliphatic rings. The van der Waals surface area contributed by atoms with Crippen LogP contribution in [0.25, 0.3) is 0 Å². The van der Waals surface area contributed by atoms with Crippen LogP contribution in [0.2, 0.25) is 0 Å². The van der Waals surface area contributed by atoms with E-state index >= 15 is 0 Å². The fourth-order valence-corrected chi connectivity index (χ4v) is 4.08. The van der Waals surface area contributed by atoms with Gasteiger partial charge in [0.15, 0.2) is 18.1 Å². The number of para-hydroxylation sites is 2. The lowest BCUT2D eigenvalue weighted by molar-refractivity contribution is -0.142. The van der Waals surface area contributed by atoms with E-state index in [1.165, 1.54) is 6.42 Å². The maximum Gasteiger partial charge on any atom is 0.261 e. The monoisotopic (exact) mass is 438 g/mol. The van der Waals surface area contributed by atoms with Crippen LogP contribution in [0.1, 0.15) is 50.2 Å². The molecule has 2 aromatic carbocycles. The molecule has 32 heavy (non-hydrogen) atoms. The highest BCUT2D eigenvalue weighted by atomic mass is 16.5. The molecule has 0 unspecified atom stereocenters. The van der Waals surface area contributed by atoms with Crippen LogP contribution in [0.15, 0.2) is 48.5 Å². The number of carbonyl (C=O) groups is 2. The van der Waals surface area contributed by atoms with Crippen molar-refractivity contribution in [2.45, 2.75) is 64.6 Å². The Morgan fingerprint density at radius 2 is 1.69 bits per heavy atom. The number of hydrogen-bond donors (Lipinski definition) is 1. The van der Waals surface area contributed by atoms with E-state index < -0.39 is 6.04 Å². The zero-order chi connectivity index (χ0) is 22.9. The number of benzene rings is 2. The van der Waals surface area contributed by atoms with E-state index in [9.17, 15) is 9.59 Å². The summed E-state index contributed by atoms with van der Waals surface area (Å²) >= 11 is 0. The molecule has 0 spiro atoms. The summed E-state index contributed by atoms with van der Waals surface area (Å²) in [6.45, 7) is 3.97. The lowest BCUT2D eigenvalue weighted by Gasteiger charge is -2.31. The summed E-state index contributed by atoms with van der Waals surface area (Å²) in [5, 5.41) is 3.15. The number of amides is 2. The highest BCUT2D eigenvalue weighted by Crippen LogP contribution is 2.26. The number of ether oxygens (including phenoxy) is 2. The van der Waals surface area contributed by atoms with Crippen LogP contribution in [0.3, 0.4) is 0 Å². The van der Waals surface area contributed by atoms with Crippen LogP contribution in [0.4, 0.5) is 0 Å². The van der Waals surface area contributed by atoms with Gasteiger partial charge in [-0.05, 0) is 49.9 Å². The lowest BCUT2D eigenvalue weighted by atomic mass is 9.95. The van der Waals surface area contributed by atoms with Gasteiger partial charge in [0.25, 0.3) is 5.91 Å². The molecule has 6 nitrogen and oxygen atoms in total. The van der Waals surface area contributed by atoms with Gasteiger partial charge < -0.3 is 19.7 Å². The molecule has 1 saturated carbocycles. The van der Waals surface area contributed by atoms with Crippen LogP contribution >= 0.6 is 0 Å². The molecule has 1 fully saturated rings. The van der Waals surface area contributed by atoms with Crippen molar-refractivity contribution in [3.63, 3.8) is 0 Å². The summed E-state index contributed by atoms with van der Waals surface area (Å²) in [6.07, 6.45) is 5.50. The number of nitrogens with one attached hydrogen (secondary N) is 1. The predicted octanol–water partition coefficient (Wildman–Crippen LogP) is 4.25. The summed E-state index contributed by atoms with van der Waals surface area (Å²) in [5.41, 5.74) is 2.09. The van der Waals surface area contributed by atoms with Crippen molar-refractivity contribution < 1.29 is 19.1 Å². The molecular weight excluding hydrogens is 404 g/mol. The molecule has 0 saturated heterocycles. The standard InChI is InChI=1S/C26H34N2O4/c1-19-11-7-8-12-21(19)17-28(20(2)26(30)27-22-13-5-4-6-14-22)25(29)18-32-24-16-10-9-15-23(24)31-3/h7-12,15-16,20,22H,4-6,13-14,17-18H2,1-3H3,(H,27,30)/t20-/m1/s1. The first kappa shape index (κ1) is 23.6. The van der Waals surface area contributed by atoms with Crippen LogP contribution in [-0.4, -0.2) is 42.5 Å². The third kappa shape index (κ3) is 6.25. The molecule has 0 bridgehead atoms. The van der Waals surface area contributed by atoms with Crippen molar-refractivity contribution in [2.75, 3.05) is 13.7 Å². The zero-order valence-electron chi connectivity index (χ0n) is 19.3. The fraction of sp³-hybridized carbons (Fsp3) is 0.462. The Balaban J connectivity index is 1.73. The van der Waals surface area contributed by atoms with Gasteiger partial charge in [0, 0.05) is 12.6 Å². The molecular formula is C26H34N2O4. The molecule has 2 aromatic rings. The molecule has 0 aromatic heterocycles. The average Bonchev–Trinajstić information content (AvgIpc) is 2.82. The van der Waals surface area contributed by atoms with Crippen LogP contribution in [-0.2, 0) is 16.1 Å². The summed E-state index contributed by atoms with van der Waals surface area (Å²) in [6, 6.07) is 14.7. The van der Waals surface area contributed by atoms with Gasteiger partial charge in [0.2, 0.25) is 5.91 Å². The van der Waals surface area contributed by atoms with Crippen molar-refractivity contribution in [2.24, 2.45) is 0 Å². The maximum atomic E-state index is 13.3. The highest BCUT2D eigenvalue weighted by Gasteiger charge is 2.28. The van der Waals surface area contributed by atoms with E-state index in [0.29, 0.717) is 18.0 Å². The maximum absolute atomic E-state index is 13.3. The topological polar surface area (TPSA) is 67.9 Å². The molecule has 6 heteroatoms. The molecule has 1 aliphatic carbocycles. The van der Waals surface area contributed by atoms with E-state index in [1.807, 2.05) is 43.3 Å². The van der Waals surface area contributed by atoms with Crippen LogP contribution in [0.5, 0.6) is 11.5 Å². The number of nitrogens with zero attached hydrogens (tertiary/aromatic N) is 1. The normalized spacial score (nSPS) is 15.0. The second kappa shape index (κ2) is 11.6. The Labute approximate surface area is 190 Å². The number of methoxy groups -OCH3 is 1. The van der Waals surface area contributed by atoms with E-state index in [4.69, 9.17) is 9.47 Å². The lowest BCUT2D eigenvalue weighted by Crippen LogP contribution is -2.51. The zero-order valence-corrected chi connectivity index (χ0v) is 19.3. The largest absolute Gasteiger partial charge is 0.493 e. The Hall–Kier alpha value is -3.02. The van der Waals surface area contributed by atoms with Crippen LogP contribution in [0, 0.1) is 6.92 Å². The van der Waals surface area contributed by atoms with Crippen molar-refractivity contribution >= 4 is 11.8 Å². The average molecular weight is 439 g/mol. The Kier molecular flexibility index (Phi) is 8.54. The van der Waals surface area contributed by atoms with Gasteiger partial charge in [-0.15, -0.1) is 0 Å². The molecule has 1 atom stereocenters. The minimum atomic E-state index is -0.606. The summed E-state index contributed by atoms with van der Waals surface area (Å²) in [5.74, 6) is 0.703. The predicted molar refractivity (Wildman–Crippen MR) is 125 cm³/mol. The molecule has 3 rings (SSSR count). The van der Waals surface area contributed by atoms with Gasteiger partial charge in [-0.1, -0.05) is 55.7 Å². The summed E-state index contributed by atoms with van der Waals surface area (Å²) in [4.78, 5) is 27.9. The van der Waals surface area contributed by atoms with Crippen LogP contribution < -0.4 is 14.8 Å². The van der Waals surface area contributed by atoms with Crippen molar-refractivity contribution in [3.05, 3.63) is 59.7 Å². The van der Waals surface area contributed by atoms with Crippen molar-refractivity contribution in [1.82, 2.24) is 10.2 Å². The van der Waals surface area contributed by atoms with Gasteiger partial charge in [0.05, 0.1) is 7.11 Å². The second-order valence-corrected chi connectivity index (χ2v) is 8.41. The molecule has 0 heterocycles. The molecule has 2 amide bonds. The Morgan fingerprint density at radius 1 is 1.03 bits per heavy atom. The van der Waals surface area contributed by atoms with Crippen molar-refractivity contribution in [1.29, 1.82) is 0 Å². The molecule has 1 N–H and O–H groups in total. The minimum absolute atomic E-state index is 0.115. The minimum Gasteiger partial charge on any atom is -0.493 e. The quantitative estimate of drug-likeness (QED) is 0.636. The van der Waals surface area contributed by atoms with Gasteiger partial charge in [0.1, 0.15) is 6.04 Å². The summed E-state index contributed by atoms with van der Waals surface area (Å²) in [7, 11) is 1.56. The van der Waals surface area contributed by atoms with Gasteiger partial charge in [-0.2, -0.15) is 0 Å². The van der Waals surface area contributed by atoms with Gasteiger partial charge >= 0.3 is 0 Å². The third-order valence-electron chi connectivity index (χ3n) is 6.14. The van der Waals surface area contributed by atoms with Crippen molar-refractivity contribution in [3.8, 4) is 11.5 Å². The van der Waals surface area contributed by atoms with E-state index in [0.717, 1.165) is 36.8 Å². The SMILES string of the molecule is COc1ccccc1OCC(=O)N(Cc1ccccc1C)[C@H](C)C(=O)NC1CCCCC1. The Morgan fingerprint density at radius 3 is 2.38 bits per heavy atom. The highest BCUT2D eigenvalue weighted by molar-refractivity contribution is 5.88. The van der Waals surface area contributed by atoms with E-state index in [2.05, 4.69) is 5.32 Å². The number of aryl methyl sites for hydroxylation is 1. The molecule has 172 valence electrons. The number of rotatable bonds is 9. The molecule has 0 aliphatic heterocycles. The first-order chi connectivity index (χ1) is 15.5. The fourth-order valence-electron chi connectivity index (χ4n) is 4.08.